The topological polar surface area (TPSA) is 73.2 Å². The summed E-state index contributed by atoms with van der Waals surface area (Å²) in [6, 6.07) is -0.429. The second kappa shape index (κ2) is 4.61. The zero-order chi connectivity index (χ0) is 15.5. The minimum absolute atomic E-state index is 0.0400. The maximum absolute atomic E-state index is 12.7. The number of fused-ring (bicyclic) bond motifs is 4. The van der Waals surface area contributed by atoms with Gasteiger partial charge in [-0.1, -0.05) is 0 Å². The van der Waals surface area contributed by atoms with E-state index in [0.29, 0.717) is 24.2 Å². The van der Waals surface area contributed by atoms with Gasteiger partial charge >= 0.3 is 0 Å². The van der Waals surface area contributed by atoms with E-state index in [2.05, 4.69) is 4.90 Å². The molecule has 0 saturated carbocycles. The zero-order valence-electron chi connectivity index (χ0n) is 12.7. The van der Waals surface area contributed by atoms with Crippen molar-refractivity contribution in [2.45, 2.75) is 19.0 Å². The molecule has 2 N–H and O–H groups in total. The van der Waals surface area contributed by atoms with E-state index in [1.54, 1.807) is 6.92 Å². The molecule has 2 bridgehead atoms. The number of likely N-dealkylation sites (N-methyl/N-ethyl adjacent to an activating group) is 2. The molecule has 6 heteroatoms. The first kappa shape index (κ1) is 14.2. The Kier molecular flexibility index (Phi) is 3.11. The van der Waals surface area contributed by atoms with Crippen LogP contribution in [0.4, 0.5) is 0 Å². The number of carbonyl (C=O) groups is 1. The number of rotatable bonds is 1. The first-order valence-corrected chi connectivity index (χ1v) is 6.95. The second-order valence-electron chi connectivity index (χ2n) is 5.93. The number of aromatic hydroxyl groups is 2. The Morgan fingerprint density at radius 1 is 1.14 bits per heavy atom. The highest BCUT2D eigenvalue weighted by Gasteiger charge is 2.46. The molecule has 6 nitrogen and oxygen atoms in total. The number of phenols is 2. The van der Waals surface area contributed by atoms with Crippen molar-refractivity contribution in [1.29, 1.82) is 0 Å². The average molecular weight is 292 g/mol. The second-order valence-corrected chi connectivity index (χ2v) is 5.93. The number of nitrogens with zero attached hydrogens (tertiary/aromatic N) is 2. The van der Waals surface area contributed by atoms with E-state index in [0.717, 1.165) is 0 Å². The van der Waals surface area contributed by atoms with Crippen LogP contribution in [0.5, 0.6) is 17.2 Å². The first-order valence-electron chi connectivity index (χ1n) is 6.95. The molecule has 0 radical (unpaired) electrons. The average Bonchev–Trinajstić information content (AvgIpc) is 2.43. The van der Waals surface area contributed by atoms with Crippen LogP contribution >= 0.6 is 0 Å². The molecule has 114 valence electrons. The summed E-state index contributed by atoms with van der Waals surface area (Å²) in [5.41, 5.74) is 1.13. The molecule has 1 aromatic carbocycles. The Balaban J connectivity index is 2.32. The van der Waals surface area contributed by atoms with Crippen LogP contribution in [0.15, 0.2) is 0 Å². The fraction of sp³-hybridized carbons (Fsp3) is 0.533. The molecular weight excluding hydrogens is 272 g/mol. The van der Waals surface area contributed by atoms with Gasteiger partial charge in [0.2, 0.25) is 0 Å². The van der Waals surface area contributed by atoms with Gasteiger partial charge in [-0.15, -0.1) is 0 Å². The van der Waals surface area contributed by atoms with Gasteiger partial charge in [-0.3, -0.25) is 9.69 Å². The van der Waals surface area contributed by atoms with Crippen molar-refractivity contribution in [1.82, 2.24) is 9.80 Å². The van der Waals surface area contributed by atoms with Gasteiger partial charge in [0.1, 0.15) is 5.75 Å². The standard InChI is InChI=1S/C15H20N2O4/c1-7-12(18)11-10(14(20)15(7)21-4)8-5-16(2)6-9(13(11)19)17(8)3/h8-9,18,20H,5-6H2,1-4H3. The molecule has 2 aliphatic rings. The van der Waals surface area contributed by atoms with E-state index in [-0.39, 0.29) is 40.7 Å². The van der Waals surface area contributed by atoms with Gasteiger partial charge in [0.15, 0.2) is 17.3 Å². The van der Waals surface area contributed by atoms with Crippen LogP contribution in [0.1, 0.15) is 27.5 Å². The number of ketones is 1. The molecule has 21 heavy (non-hydrogen) atoms. The lowest BCUT2D eigenvalue weighted by molar-refractivity contribution is 0.0364. The highest BCUT2D eigenvalue weighted by molar-refractivity contribution is 6.06. The Morgan fingerprint density at radius 2 is 1.76 bits per heavy atom. The van der Waals surface area contributed by atoms with Crippen LogP contribution in [-0.2, 0) is 0 Å². The first-order chi connectivity index (χ1) is 9.88. The van der Waals surface area contributed by atoms with E-state index in [4.69, 9.17) is 4.74 Å². The number of hydrogen-bond acceptors (Lipinski definition) is 6. The number of methoxy groups -OCH3 is 1. The summed E-state index contributed by atoms with van der Waals surface area (Å²) in [4.78, 5) is 16.8. The van der Waals surface area contributed by atoms with E-state index in [1.807, 2.05) is 19.0 Å². The largest absolute Gasteiger partial charge is 0.507 e. The highest BCUT2D eigenvalue weighted by atomic mass is 16.5. The van der Waals surface area contributed by atoms with Crippen molar-refractivity contribution in [3.63, 3.8) is 0 Å². The third-order valence-corrected chi connectivity index (χ3v) is 4.71. The smallest absolute Gasteiger partial charge is 0.185 e. The molecule has 1 aromatic rings. The van der Waals surface area contributed by atoms with E-state index in [1.165, 1.54) is 7.11 Å². The molecule has 0 spiro atoms. The van der Waals surface area contributed by atoms with Crippen molar-refractivity contribution in [2.24, 2.45) is 0 Å². The van der Waals surface area contributed by atoms with Gasteiger partial charge in [0.25, 0.3) is 0 Å². The van der Waals surface area contributed by atoms with Crippen molar-refractivity contribution >= 4 is 5.78 Å². The lowest BCUT2D eigenvalue weighted by Gasteiger charge is -2.47. The summed E-state index contributed by atoms with van der Waals surface area (Å²) in [6.45, 7) is 2.95. The van der Waals surface area contributed by atoms with E-state index < -0.39 is 0 Å². The van der Waals surface area contributed by atoms with Gasteiger partial charge in [0.05, 0.1) is 24.8 Å². The number of ether oxygens (including phenoxy) is 1. The Labute approximate surface area is 123 Å². The number of hydrogen-bond donors (Lipinski definition) is 2. The number of benzene rings is 1. The molecule has 1 fully saturated rings. The molecule has 2 atom stereocenters. The predicted octanol–water partition coefficient (Wildman–Crippen LogP) is 0.898. The SMILES string of the molecule is COc1c(C)c(O)c2c(c1O)C1CN(C)CC(C2=O)N1C. The number of Topliss-reactive ketones (excluding diaryl/α,β-unsaturated/α-hetero) is 1. The summed E-state index contributed by atoms with van der Waals surface area (Å²) in [5.74, 6) is -0.0213. The Morgan fingerprint density at radius 3 is 2.38 bits per heavy atom. The van der Waals surface area contributed by atoms with Gasteiger partial charge < -0.3 is 19.8 Å². The quantitative estimate of drug-likeness (QED) is 0.749. The molecule has 2 heterocycles. The van der Waals surface area contributed by atoms with Crippen LogP contribution in [0.2, 0.25) is 0 Å². The Hall–Kier alpha value is -1.79. The van der Waals surface area contributed by atoms with Crippen molar-refractivity contribution < 1.29 is 19.7 Å². The van der Waals surface area contributed by atoms with Crippen LogP contribution in [0.3, 0.4) is 0 Å². The third kappa shape index (κ3) is 1.76. The fourth-order valence-corrected chi connectivity index (χ4v) is 3.53. The van der Waals surface area contributed by atoms with Gasteiger partial charge in [0, 0.05) is 24.2 Å². The lowest BCUT2D eigenvalue weighted by atomic mass is 9.82. The molecule has 0 amide bonds. The molecular formula is C15H20N2O4. The van der Waals surface area contributed by atoms with Crippen LogP contribution < -0.4 is 4.74 Å². The molecule has 0 aliphatic carbocycles. The number of carbonyl (C=O) groups excluding carboxylic acids is 1. The molecule has 2 aliphatic heterocycles. The summed E-state index contributed by atoms with van der Waals surface area (Å²) in [5, 5.41) is 21.0. The lowest BCUT2D eigenvalue weighted by Crippen LogP contribution is -2.58. The normalized spacial score (nSPS) is 25.8. The fourth-order valence-electron chi connectivity index (χ4n) is 3.53. The molecule has 1 saturated heterocycles. The van der Waals surface area contributed by atoms with Crippen molar-refractivity contribution in [2.75, 3.05) is 34.3 Å². The summed E-state index contributed by atoms with van der Waals surface area (Å²) in [7, 11) is 5.28. The van der Waals surface area contributed by atoms with Crippen LogP contribution in [0.25, 0.3) is 0 Å². The minimum Gasteiger partial charge on any atom is -0.507 e. The monoisotopic (exact) mass is 292 g/mol. The summed E-state index contributed by atoms with van der Waals surface area (Å²) in [6.07, 6.45) is 0. The third-order valence-electron chi connectivity index (χ3n) is 4.71. The zero-order valence-corrected chi connectivity index (χ0v) is 12.7. The highest BCUT2D eigenvalue weighted by Crippen LogP contribution is 2.50. The minimum atomic E-state index is -0.292. The van der Waals surface area contributed by atoms with Gasteiger partial charge in [-0.2, -0.15) is 0 Å². The molecule has 3 rings (SSSR count). The molecule has 0 aromatic heterocycles. The van der Waals surface area contributed by atoms with Gasteiger partial charge in [-0.05, 0) is 21.0 Å². The Bertz CT molecular complexity index is 629. The predicted molar refractivity (Wildman–Crippen MR) is 77.2 cm³/mol. The molecule has 2 unspecified atom stereocenters. The number of piperazine rings is 1. The van der Waals surface area contributed by atoms with E-state index in [9.17, 15) is 15.0 Å². The maximum Gasteiger partial charge on any atom is 0.185 e. The summed E-state index contributed by atoms with van der Waals surface area (Å²) < 4.78 is 5.20. The van der Waals surface area contributed by atoms with Crippen LogP contribution in [-0.4, -0.2) is 66.1 Å². The van der Waals surface area contributed by atoms with Gasteiger partial charge in [-0.25, -0.2) is 0 Å². The van der Waals surface area contributed by atoms with Crippen molar-refractivity contribution in [3.05, 3.63) is 16.7 Å². The van der Waals surface area contributed by atoms with E-state index >= 15 is 0 Å². The van der Waals surface area contributed by atoms with Crippen molar-refractivity contribution in [3.8, 4) is 17.2 Å². The maximum atomic E-state index is 12.7. The number of phenolic OH excluding ortho intramolecular Hbond substituents is 2. The summed E-state index contributed by atoms with van der Waals surface area (Å²) >= 11 is 0. The van der Waals surface area contributed by atoms with Crippen LogP contribution in [0, 0.1) is 6.92 Å².